The molecule has 0 fully saturated rings. The molecule has 1 aromatic carbocycles. The van der Waals surface area contributed by atoms with Gasteiger partial charge in [0.2, 0.25) is 0 Å². The molecule has 216 valence electrons. The van der Waals surface area contributed by atoms with E-state index in [0.29, 0.717) is 24.2 Å². The number of carbonyl (C=O) groups is 3. The Morgan fingerprint density at radius 1 is 0.925 bits per heavy atom. The number of pyridine rings is 1. The first-order valence-electron chi connectivity index (χ1n) is 11.1. The minimum Gasteiger partial charge on any atom is -0.478 e. The van der Waals surface area contributed by atoms with Crippen LogP contribution < -0.4 is 0 Å². The van der Waals surface area contributed by atoms with Crippen molar-refractivity contribution in [2.75, 3.05) is 6.54 Å². The number of aromatic carboxylic acids is 1. The number of nitrogens with zero attached hydrogens (tertiary/aromatic N) is 4. The molecule has 0 unspecified atom stereocenters. The highest BCUT2D eigenvalue weighted by molar-refractivity contribution is 5.96. The number of fused-ring (bicyclic) bond motifs is 1. The summed E-state index contributed by atoms with van der Waals surface area (Å²) in [5, 5.41) is 24.1. The second-order valence-corrected chi connectivity index (χ2v) is 8.18. The Labute approximate surface area is 222 Å². The molecule has 4 rings (SSSR count). The van der Waals surface area contributed by atoms with Crippen molar-refractivity contribution in [2.45, 2.75) is 31.9 Å². The van der Waals surface area contributed by atoms with Gasteiger partial charge in [0.15, 0.2) is 0 Å². The molecule has 0 spiro atoms. The Morgan fingerprint density at radius 3 is 1.93 bits per heavy atom. The van der Waals surface area contributed by atoms with E-state index in [1.54, 1.807) is 6.20 Å². The number of aryl methyl sites for hydroxylation is 1. The third kappa shape index (κ3) is 8.79. The summed E-state index contributed by atoms with van der Waals surface area (Å²) < 4.78 is 65.5. The summed E-state index contributed by atoms with van der Waals surface area (Å²) in [7, 11) is 1.98. The predicted molar refractivity (Wildman–Crippen MR) is 125 cm³/mol. The molecule has 3 heterocycles. The number of alkyl halides is 6. The van der Waals surface area contributed by atoms with Crippen molar-refractivity contribution in [1.29, 1.82) is 0 Å². The van der Waals surface area contributed by atoms with E-state index in [0.717, 1.165) is 35.6 Å². The molecule has 0 saturated carbocycles. The molecule has 0 aliphatic carbocycles. The Bertz CT molecular complexity index is 1320. The molecule has 1 aliphatic heterocycles. The molecule has 1 aliphatic rings. The average molecular weight is 576 g/mol. The lowest BCUT2D eigenvalue weighted by molar-refractivity contribution is -0.193. The van der Waals surface area contributed by atoms with Gasteiger partial charge in [-0.15, -0.1) is 0 Å². The molecule has 0 bridgehead atoms. The largest absolute Gasteiger partial charge is 0.490 e. The molecule has 0 saturated heterocycles. The first kappa shape index (κ1) is 31.7. The smallest absolute Gasteiger partial charge is 0.478 e. The fourth-order valence-electron chi connectivity index (χ4n) is 3.53. The number of benzene rings is 1. The number of rotatable bonds is 4. The van der Waals surface area contributed by atoms with E-state index < -0.39 is 30.3 Å². The predicted octanol–water partition coefficient (Wildman–Crippen LogP) is 4.01. The quantitative estimate of drug-likeness (QED) is 0.392. The van der Waals surface area contributed by atoms with E-state index in [-0.39, 0.29) is 0 Å². The summed E-state index contributed by atoms with van der Waals surface area (Å²) in [6.07, 6.45) is -3.91. The third-order valence-corrected chi connectivity index (χ3v) is 5.38. The minimum atomic E-state index is -5.08. The van der Waals surface area contributed by atoms with Crippen molar-refractivity contribution in [2.24, 2.45) is 7.05 Å². The summed E-state index contributed by atoms with van der Waals surface area (Å²) in [4.78, 5) is 40.9. The Morgan fingerprint density at radius 2 is 1.48 bits per heavy atom. The molecule has 0 amide bonds. The molecule has 40 heavy (non-hydrogen) atoms. The molecule has 10 nitrogen and oxygen atoms in total. The van der Waals surface area contributed by atoms with Crippen molar-refractivity contribution in [3.05, 3.63) is 71.4 Å². The summed E-state index contributed by atoms with van der Waals surface area (Å²) in [5.74, 6) is -5.42. The molecule has 3 aromatic rings. The molecular formula is C24H22F6N4O6. The van der Waals surface area contributed by atoms with Gasteiger partial charge in [-0.3, -0.25) is 9.88 Å². The Kier molecular flexibility index (Phi) is 10.4. The van der Waals surface area contributed by atoms with Gasteiger partial charge in [0.25, 0.3) is 0 Å². The van der Waals surface area contributed by atoms with E-state index in [9.17, 15) is 36.2 Å². The van der Waals surface area contributed by atoms with Gasteiger partial charge >= 0.3 is 30.3 Å². The summed E-state index contributed by atoms with van der Waals surface area (Å²) in [6.45, 7) is 2.23. The monoisotopic (exact) mass is 576 g/mol. The lowest BCUT2D eigenvalue weighted by Gasteiger charge is -2.29. The highest BCUT2D eigenvalue weighted by atomic mass is 19.4. The topological polar surface area (TPSA) is 146 Å². The molecule has 16 heteroatoms. The van der Waals surface area contributed by atoms with Crippen LogP contribution in [0.1, 0.15) is 27.3 Å². The second-order valence-electron chi connectivity index (χ2n) is 8.18. The molecular weight excluding hydrogens is 554 g/mol. The second kappa shape index (κ2) is 13.1. The molecule has 0 radical (unpaired) electrons. The SMILES string of the molecule is Cn1ccnc1CN1CCc2c(cnc(-c3ccccc3)c2C(=O)O)C1.O=C(O)C(F)(F)F.O=C(O)C(F)(F)F. The average Bonchev–Trinajstić information content (AvgIpc) is 3.27. The highest BCUT2D eigenvalue weighted by Gasteiger charge is 2.38. The van der Waals surface area contributed by atoms with Crippen molar-refractivity contribution < 1.29 is 56.0 Å². The lowest BCUT2D eigenvalue weighted by Crippen LogP contribution is -2.32. The van der Waals surface area contributed by atoms with Crippen LogP contribution in [0.3, 0.4) is 0 Å². The maximum Gasteiger partial charge on any atom is 0.490 e. The van der Waals surface area contributed by atoms with Gasteiger partial charge in [0.1, 0.15) is 5.82 Å². The van der Waals surface area contributed by atoms with Crippen molar-refractivity contribution >= 4 is 17.9 Å². The van der Waals surface area contributed by atoms with Crippen LogP contribution in [0.15, 0.2) is 48.9 Å². The number of halogens is 6. The zero-order valence-electron chi connectivity index (χ0n) is 20.6. The lowest BCUT2D eigenvalue weighted by atomic mass is 9.92. The number of carboxylic acid groups (broad SMARTS) is 3. The maximum atomic E-state index is 12.0. The van der Waals surface area contributed by atoms with Crippen LogP contribution in [-0.4, -0.2) is 71.6 Å². The highest BCUT2D eigenvalue weighted by Crippen LogP contribution is 2.30. The van der Waals surface area contributed by atoms with Crippen LogP contribution in [0.25, 0.3) is 11.3 Å². The standard InChI is InChI=1S/C20H20N4O2.2C2HF3O2/c1-23-10-8-21-17(23)13-24-9-7-16-15(12-24)11-22-19(18(16)20(25)26)14-5-3-2-4-6-14;2*3-2(4,5)1(6)7/h2-6,8,10-11H,7,9,12-13H2,1H3,(H,25,26);2*(H,6,7). The van der Waals surface area contributed by atoms with E-state index in [4.69, 9.17) is 19.8 Å². The van der Waals surface area contributed by atoms with E-state index in [2.05, 4.69) is 14.9 Å². The van der Waals surface area contributed by atoms with Crippen molar-refractivity contribution in [3.63, 3.8) is 0 Å². The summed E-state index contributed by atoms with van der Waals surface area (Å²) in [5.41, 5.74) is 3.62. The van der Waals surface area contributed by atoms with Gasteiger partial charge in [0.05, 0.1) is 17.8 Å². The minimum absolute atomic E-state index is 0.338. The maximum absolute atomic E-state index is 12.0. The number of carboxylic acids is 3. The Balaban J connectivity index is 0.000000333. The van der Waals surface area contributed by atoms with Gasteiger partial charge in [-0.25, -0.2) is 19.4 Å². The van der Waals surface area contributed by atoms with E-state index in [1.165, 1.54) is 0 Å². The van der Waals surface area contributed by atoms with Crippen molar-refractivity contribution in [1.82, 2.24) is 19.4 Å². The fourth-order valence-corrected chi connectivity index (χ4v) is 3.53. The number of hydrogen-bond acceptors (Lipinski definition) is 6. The number of aliphatic carboxylic acids is 2. The van der Waals surface area contributed by atoms with Gasteiger partial charge in [-0.2, -0.15) is 26.3 Å². The fraction of sp³-hybridized carbons (Fsp3) is 0.292. The first-order valence-corrected chi connectivity index (χ1v) is 11.1. The number of aromatic nitrogens is 3. The van der Waals surface area contributed by atoms with Gasteiger partial charge < -0.3 is 19.9 Å². The van der Waals surface area contributed by atoms with Gasteiger partial charge in [-0.05, 0) is 17.5 Å². The number of imidazole rings is 1. The summed E-state index contributed by atoms with van der Waals surface area (Å²) in [6, 6.07) is 9.51. The molecule has 2 aromatic heterocycles. The van der Waals surface area contributed by atoms with Crippen LogP contribution in [-0.2, 0) is 36.1 Å². The van der Waals surface area contributed by atoms with Gasteiger partial charge in [-0.1, -0.05) is 30.3 Å². The Hall–Kier alpha value is -4.47. The zero-order chi connectivity index (χ0) is 30.3. The van der Waals surface area contributed by atoms with E-state index in [1.807, 2.05) is 54.3 Å². The van der Waals surface area contributed by atoms with Crippen LogP contribution in [0.5, 0.6) is 0 Å². The van der Waals surface area contributed by atoms with Crippen LogP contribution in [0, 0.1) is 0 Å². The van der Waals surface area contributed by atoms with Crippen LogP contribution >= 0.6 is 0 Å². The van der Waals surface area contributed by atoms with Crippen LogP contribution in [0.2, 0.25) is 0 Å². The van der Waals surface area contributed by atoms with Crippen LogP contribution in [0.4, 0.5) is 26.3 Å². The number of hydrogen-bond donors (Lipinski definition) is 3. The third-order valence-electron chi connectivity index (χ3n) is 5.38. The normalized spacial score (nSPS) is 13.2. The van der Waals surface area contributed by atoms with Gasteiger partial charge in [0, 0.05) is 44.3 Å². The summed E-state index contributed by atoms with van der Waals surface area (Å²) >= 11 is 0. The zero-order valence-corrected chi connectivity index (χ0v) is 20.6. The molecule has 3 N–H and O–H groups in total. The molecule has 0 atom stereocenters. The first-order chi connectivity index (χ1) is 18.5. The van der Waals surface area contributed by atoms with Crippen molar-refractivity contribution in [3.8, 4) is 11.3 Å². The van der Waals surface area contributed by atoms with E-state index >= 15 is 0 Å².